The van der Waals surface area contributed by atoms with Crippen LogP contribution in [-0.2, 0) is 4.74 Å². The molecule has 0 unspecified atom stereocenters. The molecule has 0 saturated carbocycles. The number of rotatable bonds is 7. The van der Waals surface area contributed by atoms with E-state index in [0.29, 0.717) is 40.3 Å². The normalized spacial score (nSPS) is 10.6. The minimum absolute atomic E-state index is 0.271. The second kappa shape index (κ2) is 10.4. The Hall–Kier alpha value is -3.91. The summed E-state index contributed by atoms with van der Waals surface area (Å²) in [5.74, 6) is -0.750. The monoisotopic (exact) mass is 436 g/mol. The van der Waals surface area contributed by atoms with E-state index < -0.39 is 6.09 Å². The third-order valence-corrected chi connectivity index (χ3v) is 4.65. The Bertz CT molecular complexity index is 1100. The molecule has 8 heteroatoms. The van der Waals surface area contributed by atoms with E-state index >= 15 is 0 Å². The average Bonchev–Trinajstić information content (AvgIpc) is 2.76. The molecule has 0 heterocycles. The van der Waals surface area contributed by atoms with Crippen LogP contribution < -0.4 is 16.4 Å². The lowest BCUT2D eigenvalue weighted by Crippen LogP contribution is -2.22. The smallest absolute Gasteiger partial charge is 0.411 e. The molecule has 166 valence electrons. The summed E-state index contributed by atoms with van der Waals surface area (Å²) in [5.41, 5.74) is 8.61. The van der Waals surface area contributed by atoms with E-state index in [0.717, 1.165) is 0 Å². The summed E-state index contributed by atoms with van der Waals surface area (Å²) < 4.78 is 19.2. The van der Waals surface area contributed by atoms with Gasteiger partial charge >= 0.3 is 6.09 Å². The Morgan fingerprint density at radius 2 is 1.72 bits per heavy atom. The van der Waals surface area contributed by atoms with Crippen molar-refractivity contribution in [2.24, 2.45) is 0 Å². The highest BCUT2D eigenvalue weighted by Gasteiger charge is 2.12. The zero-order chi connectivity index (χ0) is 23.1. The number of hydrogen-bond donors (Lipinski definition) is 3. The minimum Gasteiger partial charge on any atom is -0.448 e. The number of hydrogen-bond acceptors (Lipinski definition) is 5. The maximum absolute atomic E-state index is 14.1. The number of halogens is 1. The molecule has 0 aliphatic rings. The fourth-order valence-corrected chi connectivity index (χ4v) is 2.90. The molecular weight excluding hydrogens is 411 g/mol. The van der Waals surface area contributed by atoms with Gasteiger partial charge in [-0.15, -0.1) is 0 Å². The molecule has 0 aliphatic carbocycles. The Balaban J connectivity index is 1.65. The van der Waals surface area contributed by atoms with Crippen LogP contribution in [-0.4, -0.2) is 44.1 Å². The van der Waals surface area contributed by atoms with E-state index in [2.05, 4.69) is 10.6 Å². The SMILES string of the molecule is CN(C)CCOC(=O)Nc1ccc(C(=O)Nc2cc(-c3ccccc3F)ccc2N)cc1. The summed E-state index contributed by atoms with van der Waals surface area (Å²) in [5, 5.41) is 5.36. The van der Waals surface area contributed by atoms with Crippen molar-refractivity contribution in [1.82, 2.24) is 4.90 Å². The molecule has 0 fully saturated rings. The number of benzene rings is 3. The van der Waals surface area contributed by atoms with Gasteiger partial charge in [0, 0.05) is 23.4 Å². The number of likely N-dealkylation sites (N-methyl/N-ethyl adjacent to an activating group) is 1. The number of nitrogens with zero attached hydrogens (tertiary/aromatic N) is 1. The van der Waals surface area contributed by atoms with Crippen molar-refractivity contribution in [2.75, 3.05) is 43.6 Å². The van der Waals surface area contributed by atoms with E-state index in [4.69, 9.17) is 10.5 Å². The first-order chi connectivity index (χ1) is 15.3. The molecule has 0 saturated heterocycles. The molecule has 0 bridgehead atoms. The molecule has 32 heavy (non-hydrogen) atoms. The average molecular weight is 436 g/mol. The molecule has 3 rings (SSSR count). The lowest BCUT2D eigenvalue weighted by molar-refractivity contribution is 0.102. The first-order valence-electron chi connectivity index (χ1n) is 9.98. The van der Waals surface area contributed by atoms with Crippen LogP contribution in [0.1, 0.15) is 10.4 Å². The van der Waals surface area contributed by atoms with Crippen LogP contribution in [0.15, 0.2) is 66.7 Å². The number of nitrogens with one attached hydrogen (secondary N) is 2. The maximum atomic E-state index is 14.1. The first-order valence-corrected chi connectivity index (χ1v) is 9.98. The van der Waals surface area contributed by atoms with Crippen LogP contribution in [0.25, 0.3) is 11.1 Å². The number of anilines is 3. The van der Waals surface area contributed by atoms with Gasteiger partial charge in [-0.05, 0) is 62.1 Å². The van der Waals surface area contributed by atoms with E-state index in [-0.39, 0.29) is 18.3 Å². The predicted octanol–water partition coefficient (Wildman–Crippen LogP) is 4.44. The molecular formula is C24H25FN4O3. The molecule has 0 aromatic heterocycles. The van der Waals surface area contributed by atoms with Crippen molar-refractivity contribution >= 4 is 29.1 Å². The molecule has 0 aliphatic heterocycles. The molecule has 4 N–H and O–H groups in total. The summed E-state index contributed by atoms with van der Waals surface area (Å²) in [6.07, 6.45) is -0.568. The van der Waals surface area contributed by atoms with Crippen molar-refractivity contribution < 1.29 is 18.7 Å². The van der Waals surface area contributed by atoms with Gasteiger partial charge in [0.05, 0.1) is 11.4 Å². The van der Waals surface area contributed by atoms with Crippen LogP contribution >= 0.6 is 0 Å². The Morgan fingerprint density at radius 1 is 1.00 bits per heavy atom. The van der Waals surface area contributed by atoms with E-state index in [1.807, 2.05) is 19.0 Å². The van der Waals surface area contributed by atoms with E-state index in [1.54, 1.807) is 60.7 Å². The topological polar surface area (TPSA) is 96.7 Å². The van der Waals surface area contributed by atoms with Crippen LogP contribution in [0.4, 0.5) is 26.2 Å². The number of carbonyl (C=O) groups excluding carboxylic acids is 2. The van der Waals surface area contributed by atoms with Crippen molar-refractivity contribution in [3.05, 3.63) is 78.1 Å². The van der Waals surface area contributed by atoms with Gasteiger partial charge in [0.15, 0.2) is 0 Å². The summed E-state index contributed by atoms with van der Waals surface area (Å²) in [6, 6.07) is 17.7. The summed E-state index contributed by atoms with van der Waals surface area (Å²) in [6.45, 7) is 0.889. The van der Waals surface area contributed by atoms with Crippen molar-refractivity contribution in [3.63, 3.8) is 0 Å². The fourth-order valence-electron chi connectivity index (χ4n) is 2.90. The molecule has 0 radical (unpaired) electrons. The summed E-state index contributed by atoms with van der Waals surface area (Å²) in [4.78, 5) is 26.4. The number of carbonyl (C=O) groups is 2. The van der Waals surface area contributed by atoms with Crippen molar-refractivity contribution in [3.8, 4) is 11.1 Å². The zero-order valence-electron chi connectivity index (χ0n) is 17.9. The van der Waals surface area contributed by atoms with Gasteiger partial charge in [0.1, 0.15) is 12.4 Å². The van der Waals surface area contributed by atoms with Crippen molar-refractivity contribution in [2.45, 2.75) is 0 Å². The maximum Gasteiger partial charge on any atom is 0.411 e. The quantitative estimate of drug-likeness (QED) is 0.476. The van der Waals surface area contributed by atoms with Crippen LogP contribution in [0.3, 0.4) is 0 Å². The molecule has 3 aromatic rings. The van der Waals surface area contributed by atoms with Gasteiger partial charge in [-0.1, -0.05) is 24.3 Å². The molecule has 0 atom stereocenters. The number of nitrogens with two attached hydrogens (primary N) is 1. The minimum atomic E-state index is -0.568. The summed E-state index contributed by atoms with van der Waals surface area (Å²) >= 11 is 0. The highest BCUT2D eigenvalue weighted by Crippen LogP contribution is 2.29. The number of amides is 2. The van der Waals surface area contributed by atoms with Gasteiger partial charge in [-0.3, -0.25) is 10.1 Å². The van der Waals surface area contributed by atoms with Crippen LogP contribution in [0.2, 0.25) is 0 Å². The Labute approximate surface area is 186 Å². The largest absolute Gasteiger partial charge is 0.448 e. The number of nitrogen functional groups attached to an aromatic ring is 1. The predicted molar refractivity (Wildman–Crippen MR) is 124 cm³/mol. The molecule has 0 spiro atoms. The molecule has 2 amide bonds. The van der Waals surface area contributed by atoms with Gasteiger partial charge < -0.3 is 20.7 Å². The van der Waals surface area contributed by atoms with Gasteiger partial charge in [0.25, 0.3) is 5.91 Å². The lowest BCUT2D eigenvalue weighted by atomic mass is 10.0. The van der Waals surface area contributed by atoms with E-state index in [1.165, 1.54) is 6.07 Å². The molecule has 7 nitrogen and oxygen atoms in total. The summed E-state index contributed by atoms with van der Waals surface area (Å²) in [7, 11) is 3.77. The highest BCUT2D eigenvalue weighted by atomic mass is 19.1. The van der Waals surface area contributed by atoms with E-state index in [9.17, 15) is 14.0 Å². The van der Waals surface area contributed by atoms with Gasteiger partial charge in [0.2, 0.25) is 0 Å². The fraction of sp³-hybridized carbons (Fsp3) is 0.167. The zero-order valence-corrected chi connectivity index (χ0v) is 17.9. The third kappa shape index (κ3) is 6.05. The lowest BCUT2D eigenvalue weighted by Gasteiger charge is -2.12. The second-order valence-corrected chi connectivity index (χ2v) is 7.38. The van der Waals surface area contributed by atoms with Crippen molar-refractivity contribution in [1.29, 1.82) is 0 Å². The standard InChI is InChI=1S/C24H25FN4O3/c1-29(2)13-14-32-24(31)27-18-10-7-16(8-11-18)23(30)28-22-15-17(9-12-21(22)26)19-5-3-4-6-20(19)25/h3-12,15H,13-14,26H2,1-2H3,(H,27,31)(H,28,30). The van der Waals surface area contributed by atoms with Gasteiger partial charge in [-0.25, -0.2) is 9.18 Å². The highest BCUT2D eigenvalue weighted by molar-refractivity contribution is 6.06. The molecule has 3 aromatic carbocycles. The van der Waals surface area contributed by atoms with Gasteiger partial charge in [-0.2, -0.15) is 0 Å². The Morgan fingerprint density at radius 3 is 2.41 bits per heavy atom. The van der Waals surface area contributed by atoms with Crippen LogP contribution in [0.5, 0.6) is 0 Å². The second-order valence-electron chi connectivity index (χ2n) is 7.38. The third-order valence-electron chi connectivity index (χ3n) is 4.65. The first kappa shape index (κ1) is 22.8. The Kier molecular flexibility index (Phi) is 7.41. The number of ether oxygens (including phenoxy) is 1. The van der Waals surface area contributed by atoms with Crippen LogP contribution in [0, 0.1) is 5.82 Å².